The highest BCUT2D eigenvalue weighted by Crippen LogP contribution is 1.85. The Bertz CT molecular complexity index is 118. The van der Waals surface area contributed by atoms with Crippen molar-refractivity contribution >= 4 is 0 Å². The maximum absolute atomic E-state index is 8.39. The van der Waals surface area contributed by atoms with Gasteiger partial charge in [-0.3, -0.25) is 0 Å². The molecule has 0 aromatic rings. The van der Waals surface area contributed by atoms with Gasteiger partial charge in [0.2, 0.25) is 0 Å². The van der Waals surface area contributed by atoms with Crippen LogP contribution in [0.3, 0.4) is 0 Å². The highest BCUT2D eigenvalue weighted by Gasteiger charge is 1.99. The molecule has 0 amide bonds. The zero-order valence-corrected chi connectivity index (χ0v) is 11.7. The van der Waals surface area contributed by atoms with E-state index >= 15 is 0 Å². The van der Waals surface area contributed by atoms with Crippen LogP contribution in [0.5, 0.6) is 0 Å². The van der Waals surface area contributed by atoms with Gasteiger partial charge in [0.15, 0.2) is 0 Å². The van der Waals surface area contributed by atoms with Crippen LogP contribution in [0.2, 0.25) is 0 Å². The van der Waals surface area contributed by atoms with Crippen molar-refractivity contribution in [2.45, 2.75) is 58.3 Å². The topological polar surface area (TPSA) is 121 Å². The summed E-state index contributed by atoms with van der Waals surface area (Å²) < 4.78 is 0. The molecule has 0 heterocycles. The van der Waals surface area contributed by atoms with E-state index in [-0.39, 0.29) is 25.9 Å². The van der Waals surface area contributed by atoms with E-state index < -0.39 is 12.2 Å². The van der Waals surface area contributed by atoms with Crippen molar-refractivity contribution in [1.29, 1.82) is 0 Å². The maximum Gasteiger partial charge on any atom is 0.0768 e. The predicted molar refractivity (Wildman–Crippen MR) is 70.2 cm³/mol. The van der Waals surface area contributed by atoms with Crippen molar-refractivity contribution in [3.63, 3.8) is 0 Å². The lowest BCUT2D eigenvalue weighted by molar-refractivity contribution is 0.0438. The molecule has 0 aromatic carbocycles. The van der Waals surface area contributed by atoms with Crippen LogP contribution in [0.15, 0.2) is 0 Å². The first kappa shape index (κ1) is 22.9. The van der Waals surface area contributed by atoms with E-state index in [1.807, 2.05) is 0 Å². The molecule has 3 unspecified atom stereocenters. The second kappa shape index (κ2) is 19.1. The Morgan fingerprint density at radius 3 is 1.06 bits per heavy atom. The molecule has 0 radical (unpaired) electrons. The summed E-state index contributed by atoms with van der Waals surface area (Å²) >= 11 is 0. The van der Waals surface area contributed by atoms with Crippen molar-refractivity contribution < 1.29 is 30.6 Å². The summed E-state index contributed by atoms with van der Waals surface area (Å²) in [6, 6.07) is 0. The summed E-state index contributed by atoms with van der Waals surface area (Å²) in [6.07, 6.45) is 0.387. The average molecular weight is 270 g/mol. The molecular formula is C12H30O6. The minimum atomic E-state index is -0.593. The van der Waals surface area contributed by atoms with E-state index in [0.717, 1.165) is 12.8 Å². The molecule has 6 heteroatoms. The molecule has 3 atom stereocenters. The second-order valence-corrected chi connectivity index (χ2v) is 4.00. The number of aliphatic hydroxyl groups is 6. The molecule has 0 spiro atoms. The summed E-state index contributed by atoms with van der Waals surface area (Å²) in [6.45, 7) is 5.21. The van der Waals surface area contributed by atoms with E-state index in [9.17, 15) is 0 Å². The largest absolute Gasteiger partial charge is 0.396 e. The molecule has 0 rings (SSSR count). The van der Waals surface area contributed by atoms with Gasteiger partial charge in [-0.2, -0.15) is 0 Å². The third kappa shape index (κ3) is 36.0. The molecule has 6 N–H and O–H groups in total. The maximum atomic E-state index is 8.39. The Hall–Kier alpha value is -0.240. The van der Waals surface area contributed by atoms with E-state index in [4.69, 9.17) is 30.6 Å². The van der Waals surface area contributed by atoms with E-state index in [0.29, 0.717) is 6.42 Å². The highest BCUT2D eigenvalue weighted by molar-refractivity contribution is 4.51. The fraction of sp³-hybridized carbons (Fsp3) is 1.00. The van der Waals surface area contributed by atoms with Gasteiger partial charge in [-0.15, -0.1) is 0 Å². The van der Waals surface area contributed by atoms with Crippen molar-refractivity contribution in [2.24, 2.45) is 0 Å². The van der Waals surface area contributed by atoms with Gasteiger partial charge >= 0.3 is 0 Å². The van der Waals surface area contributed by atoms with Crippen molar-refractivity contribution in [1.82, 2.24) is 0 Å². The SMILES string of the molecule is CC(O)C(C)O.CC(O)CCO.OCCCCO. The Morgan fingerprint density at radius 2 is 1.00 bits per heavy atom. The molecule has 0 aliphatic carbocycles. The Balaban J connectivity index is -0.000000187. The van der Waals surface area contributed by atoms with Crippen LogP contribution in [0.1, 0.15) is 40.0 Å². The Morgan fingerprint density at radius 1 is 0.667 bits per heavy atom. The van der Waals surface area contributed by atoms with Gasteiger partial charge in [-0.25, -0.2) is 0 Å². The van der Waals surface area contributed by atoms with E-state index in [2.05, 4.69) is 0 Å². The molecule has 0 saturated carbocycles. The molecule has 114 valence electrons. The number of rotatable bonds is 6. The Kier molecular flexibility index (Phi) is 24.3. The van der Waals surface area contributed by atoms with Crippen LogP contribution < -0.4 is 0 Å². The lowest BCUT2D eigenvalue weighted by Crippen LogP contribution is -2.17. The third-order valence-corrected chi connectivity index (χ3v) is 1.81. The number of hydrogen-bond acceptors (Lipinski definition) is 6. The molecule has 0 saturated heterocycles. The minimum absolute atomic E-state index is 0.0810. The van der Waals surface area contributed by atoms with Crippen molar-refractivity contribution in [3.05, 3.63) is 0 Å². The summed E-state index contributed by atoms with van der Waals surface area (Å²) in [4.78, 5) is 0. The van der Waals surface area contributed by atoms with Crippen molar-refractivity contribution in [3.8, 4) is 0 Å². The third-order valence-electron chi connectivity index (χ3n) is 1.81. The molecule has 0 aliphatic heterocycles. The van der Waals surface area contributed by atoms with E-state index in [1.165, 1.54) is 0 Å². The van der Waals surface area contributed by atoms with Crippen molar-refractivity contribution in [2.75, 3.05) is 19.8 Å². The number of aliphatic hydroxyl groups excluding tert-OH is 6. The predicted octanol–water partition coefficient (Wildman–Crippen LogP) is -0.751. The first-order valence-electron chi connectivity index (χ1n) is 6.20. The molecular weight excluding hydrogens is 240 g/mol. The summed E-state index contributed by atoms with van der Waals surface area (Å²) in [7, 11) is 0. The zero-order chi connectivity index (χ0) is 15.0. The molecule has 0 aromatic heterocycles. The van der Waals surface area contributed by atoms with Crippen LogP contribution in [0.25, 0.3) is 0 Å². The smallest absolute Gasteiger partial charge is 0.0768 e. The first-order chi connectivity index (χ1) is 8.33. The molecule has 0 aliphatic rings. The summed E-state index contributed by atoms with van der Waals surface area (Å²) in [5.41, 5.74) is 0. The van der Waals surface area contributed by atoms with Gasteiger partial charge in [0, 0.05) is 19.8 Å². The first-order valence-corrected chi connectivity index (χ1v) is 6.20. The van der Waals surface area contributed by atoms with Crippen LogP contribution in [-0.4, -0.2) is 68.8 Å². The normalized spacial score (nSPS) is 14.5. The van der Waals surface area contributed by atoms with Crippen LogP contribution in [-0.2, 0) is 0 Å². The average Bonchev–Trinajstić information content (AvgIpc) is 2.27. The standard InChI is InChI=1S/3C4H10O2/c1-4(6)2-3-5;1-3(5)4(2)6;5-3-1-2-4-6/h4-6H,2-3H2,1H3;3-6H,1-2H3;5-6H,1-4H2. The fourth-order valence-electron chi connectivity index (χ4n) is 0.410. The van der Waals surface area contributed by atoms with Gasteiger partial charge in [0.05, 0.1) is 18.3 Å². The van der Waals surface area contributed by atoms with Gasteiger partial charge < -0.3 is 30.6 Å². The lowest BCUT2D eigenvalue weighted by Gasteiger charge is -2.03. The lowest BCUT2D eigenvalue weighted by atomic mass is 10.3. The Labute approximate surface area is 110 Å². The monoisotopic (exact) mass is 270 g/mol. The van der Waals surface area contributed by atoms with Crippen LogP contribution in [0, 0.1) is 0 Å². The summed E-state index contributed by atoms with van der Waals surface area (Å²) in [5.74, 6) is 0. The zero-order valence-electron chi connectivity index (χ0n) is 11.7. The van der Waals surface area contributed by atoms with Gasteiger partial charge in [0.1, 0.15) is 0 Å². The molecule has 0 fully saturated rings. The number of unbranched alkanes of at least 4 members (excludes halogenated alkanes) is 1. The molecule has 6 nitrogen and oxygen atoms in total. The summed E-state index contributed by atoms with van der Waals surface area (Å²) in [5, 5.41) is 49.4. The van der Waals surface area contributed by atoms with Gasteiger partial charge in [-0.1, -0.05) is 0 Å². The van der Waals surface area contributed by atoms with Crippen LogP contribution >= 0.6 is 0 Å². The quantitative estimate of drug-likeness (QED) is 0.353. The highest BCUT2D eigenvalue weighted by atomic mass is 16.3. The minimum Gasteiger partial charge on any atom is -0.396 e. The number of hydrogen-bond donors (Lipinski definition) is 6. The van der Waals surface area contributed by atoms with Gasteiger partial charge in [0.25, 0.3) is 0 Å². The molecule has 0 bridgehead atoms. The fourth-order valence-corrected chi connectivity index (χ4v) is 0.410. The van der Waals surface area contributed by atoms with Gasteiger partial charge in [-0.05, 0) is 40.0 Å². The molecule has 18 heavy (non-hydrogen) atoms. The van der Waals surface area contributed by atoms with Crippen LogP contribution in [0.4, 0.5) is 0 Å². The van der Waals surface area contributed by atoms with E-state index in [1.54, 1.807) is 20.8 Å². The second-order valence-electron chi connectivity index (χ2n) is 4.00.